The van der Waals surface area contributed by atoms with Crippen LogP contribution in [0.4, 0.5) is 11.5 Å². The molecule has 29 heavy (non-hydrogen) atoms. The van der Waals surface area contributed by atoms with Crippen LogP contribution in [0.15, 0.2) is 48.7 Å². The number of halogens is 2. The lowest BCUT2D eigenvalue weighted by Gasteiger charge is -2.09. The number of amides is 2. The van der Waals surface area contributed by atoms with Crippen molar-refractivity contribution in [2.75, 3.05) is 18.1 Å². The van der Waals surface area contributed by atoms with Crippen LogP contribution in [-0.2, 0) is 11.2 Å². The molecule has 0 radical (unpaired) electrons. The monoisotopic (exact) mass is 429 g/mol. The zero-order valence-corrected chi connectivity index (χ0v) is 16.9. The fourth-order valence-electron chi connectivity index (χ4n) is 2.62. The van der Waals surface area contributed by atoms with Crippen molar-refractivity contribution in [3.63, 3.8) is 0 Å². The third kappa shape index (κ3) is 5.01. The molecule has 0 aliphatic rings. The van der Waals surface area contributed by atoms with E-state index in [1.54, 1.807) is 42.5 Å². The minimum Gasteiger partial charge on any atom is -0.382 e. The Balaban J connectivity index is 1.78. The molecule has 1 heterocycles. The third-order valence-corrected chi connectivity index (χ3v) is 4.77. The lowest BCUT2D eigenvalue weighted by molar-refractivity contribution is -0.115. The molecule has 0 bridgehead atoms. The normalized spacial score (nSPS) is 10.4. The Labute approximate surface area is 177 Å². The molecule has 0 atom stereocenters. The van der Waals surface area contributed by atoms with E-state index < -0.39 is 5.91 Å². The SMILES string of the molecule is CNC(=O)c1nc(-c2cccc(NC(=O)Cc3ccc(Cl)c(Cl)c3)c2)cnc1N. The van der Waals surface area contributed by atoms with Gasteiger partial charge in [0.15, 0.2) is 11.5 Å². The standard InChI is InChI=1S/C20H17Cl2N5O2/c1-24-20(29)18-19(23)25-10-16(27-18)12-3-2-4-13(9-12)26-17(28)8-11-5-6-14(21)15(22)7-11/h2-7,9-10H,8H2,1H3,(H2,23,25)(H,24,29)(H,26,28). The van der Waals surface area contributed by atoms with Crippen LogP contribution in [0.5, 0.6) is 0 Å². The fourth-order valence-corrected chi connectivity index (χ4v) is 2.94. The first kappa shape index (κ1) is 20.6. The lowest BCUT2D eigenvalue weighted by atomic mass is 10.1. The van der Waals surface area contributed by atoms with E-state index in [1.165, 1.54) is 13.2 Å². The van der Waals surface area contributed by atoms with E-state index in [-0.39, 0.29) is 23.8 Å². The number of benzene rings is 2. The second kappa shape index (κ2) is 8.89. The Kier molecular flexibility index (Phi) is 6.31. The number of rotatable bonds is 5. The molecule has 0 saturated heterocycles. The van der Waals surface area contributed by atoms with Gasteiger partial charge in [0.25, 0.3) is 5.91 Å². The second-order valence-electron chi connectivity index (χ2n) is 6.12. The topological polar surface area (TPSA) is 110 Å². The Hall–Kier alpha value is -3.16. The van der Waals surface area contributed by atoms with Crippen molar-refractivity contribution >= 4 is 46.5 Å². The summed E-state index contributed by atoms with van der Waals surface area (Å²) < 4.78 is 0. The summed E-state index contributed by atoms with van der Waals surface area (Å²) in [6.45, 7) is 0. The first-order valence-corrected chi connectivity index (χ1v) is 9.32. The van der Waals surface area contributed by atoms with Crippen LogP contribution in [0.3, 0.4) is 0 Å². The minimum atomic E-state index is -0.428. The van der Waals surface area contributed by atoms with Gasteiger partial charge in [0, 0.05) is 18.3 Å². The molecule has 0 aliphatic heterocycles. The Morgan fingerprint density at radius 1 is 1.10 bits per heavy atom. The molecule has 3 aromatic rings. The smallest absolute Gasteiger partial charge is 0.273 e. The van der Waals surface area contributed by atoms with E-state index in [2.05, 4.69) is 20.6 Å². The van der Waals surface area contributed by atoms with E-state index in [0.717, 1.165) is 5.56 Å². The van der Waals surface area contributed by atoms with Crippen LogP contribution in [0, 0.1) is 0 Å². The van der Waals surface area contributed by atoms with Crippen LogP contribution < -0.4 is 16.4 Å². The average Bonchev–Trinajstić information content (AvgIpc) is 2.70. The number of hydrogen-bond acceptors (Lipinski definition) is 5. The largest absolute Gasteiger partial charge is 0.382 e. The van der Waals surface area contributed by atoms with Crippen molar-refractivity contribution < 1.29 is 9.59 Å². The molecule has 148 valence electrons. The highest BCUT2D eigenvalue weighted by atomic mass is 35.5. The summed E-state index contributed by atoms with van der Waals surface area (Å²) in [7, 11) is 1.49. The highest BCUT2D eigenvalue weighted by Gasteiger charge is 2.14. The molecule has 3 rings (SSSR count). The molecular weight excluding hydrogens is 413 g/mol. The summed E-state index contributed by atoms with van der Waals surface area (Å²) >= 11 is 11.9. The van der Waals surface area contributed by atoms with Gasteiger partial charge in [0.2, 0.25) is 5.91 Å². The predicted octanol–water partition coefficient (Wildman–Crippen LogP) is 3.57. The summed E-state index contributed by atoms with van der Waals surface area (Å²) in [5, 5.41) is 6.13. The van der Waals surface area contributed by atoms with Gasteiger partial charge in [-0.15, -0.1) is 0 Å². The Morgan fingerprint density at radius 2 is 1.90 bits per heavy atom. The molecular formula is C20H17Cl2N5O2. The highest BCUT2D eigenvalue weighted by molar-refractivity contribution is 6.42. The lowest BCUT2D eigenvalue weighted by Crippen LogP contribution is -2.21. The summed E-state index contributed by atoms with van der Waals surface area (Å²) in [5.41, 5.74) is 8.22. The zero-order valence-electron chi connectivity index (χ0n) is 15.4. The Morgan fingerprint density at radius 3 is 2.62 bits per heavy atom. The molecule has 2 aromatic carbocycles. The molecule has 7 nitrogen and oxygen atoms in total. The van der Waals surface area contributed by atoms with Crippen LogP contribution >= 0.6 is 23.2 Å². The van der Waals surface area contributed by atoms with Gasteiger partial charge in [-0.3, -0.25) is 9.59 Å². The van der Waals surface area contributed by atoms with E-state index >= 15 is 0 Å². The van der Waals surface area contributed by atoms with Crippen molar-refractivity contribution in [2.45, 2.75) is 6.42 Å². The van der Waals surface area contributed by atoms with Crippen LogP contribution in [0.2, 0.25) is 10.0 Å². The van der Waals surface area contributed by atoms with Crippen molar-refractivity contribution in [2.24, 2.45) is 0 Å². The quantitative estimate of drug-likeness (QED) is 0.573. The Bertz CT molecular complexity index is 1090. The number of hydrogen-bond donors (Lipinski definition) is 3. The molecule has 0 spiro atoms. The summed E-state index contributed by atoms with van der Waals surface area (Å²) in [6.07, 6.45) is 1.61. The van der Waals surface area contributed by atoms with Gasteiger partial charge < -0.3 is 16.4 Å². The van der Waals surface area contributed by atoms with Crippen LogP contribution in [-0.4, -0.2) is 28.8 Å². The fraction of sp³-hybridized carbons (Fsp3) is 0.100. The van der Waals surface area contributed by atoms with E-state index in [4.69, 9.17) is 28.9 Å². The first-order chi connectivity index (χ1) is 13.9. The number of nitrogens with two attached hydrogens (primary N) is 1. The van der Waals surface area contributed by atoms with Gasteiger partial charge in [-0.2, -0.15) is 0 Å². The average molecular weight is 430 g/mol. The third-order valence-electron chi connectivity index (χ3n) is 4.03. The molecule has 2 amide bonds. The maximum absolute atomic E-state index is 12.4. The van der Waals surface area contributed by atoms with E-state index in [9.17, 15) is 9.59 Å². The number of nitrogens with zero attached hydrogens (tertiary/aromatic N) is 2. The van der Waals surface area contributed by atoms with Crippen LogP contribution in [0.1, 0.15) is 16.1 Å². The zero-order chi connectivity index (χ0) is 21.0. The van der Waals surface area contributed by atoms with Gasteiger partial charge >= 0.3 is 0 Å². The molecule has 0 unspecified atom stereocenters. The van der Waals surface area contributed by atoms with Gasteiger partial charge in [-0.1, -0.05) is 41.4 Å². The van der Waals surface area contributed by atoms with E-state index in [1.807, 2.05) is 0 Å². The van der Waals surface area contributed by atoms with Gasteiger partial charge in [0.1, 0.15) is 0 Å². The maximum Gasteiger partial charge on any atom is 0.273 e. The van der Waals surface area contributed by atoms with Gasteiger partial charge in [0.05, 0.1) is 28.4 Å². The summed E-state index contributed by atoms with van der Waals surface area (Å²) in [4.78, 5) is 32.6. The number of nitrogens with one attached hydrogen (secondary N) is 2. The van der Waals surface area contributed by atoms with Crippen LogP contribution in [0.25, 0.3) is 11.3 Å². The molecule has 1 aromatic heterocycles. The van der Waals surface area contributed by atoms with Crippen molar-refractivity contribution in [1.29, 1.82) is 0 Å². The van der Waals surface area contributed by atoms with Crippen molar-refractivity contribution in [3.05, 3.63) is 70.0 Å². The van der Waals surface area contributed by atoms with Crippen molar-refractivity contribution in [3.8, 4) is 11.3 Å². The number of anilines is 2. The summed E-state index contributed by atoms with van der Waals surface area (Å²) in [6, 6.07) is 12.1. The number of aromatic nitrogens is 2. The van der Waals surface area contributed by atoms with Crippen molar-refractivity contribution in [1.82, 2.24) is 15.3 Å². The first-order valence-electron chi connectivity index (χ1n) is 8.56. The minimum absolute atomic E-state index is 0.0408. The second-order valence-corrected chi connectivity index (χ2v) is 6.94. The van der Waals surface area contributed by atoms with Gasteiger partial charge in [-0.25, -0.2) is 9.97 Å². The number of nitrogen functional groups attached to an aromatic ring is 1. The van der Waals surface area contributed by atoms with E-state index in [0.29, 0.717) is 27.0 Å². The maximum atomic E-state index is 12.4. The number of carbonyl (C=O) groups excluding carboxylic acids is 2. The molecule has 0 aliphatic carbocycles. The summed E-state index contributed by atoms with van der Waals surface area (Å²) in [5.74, 6) is -0.600. The molecule has 4 N–H and O–H groups in total. The highest BCUT2D eigenvalue weighted by Crippen LogP contribution is 2.24. The predicted molar refractivity (Wildman–Crippen MR) is 114 cm³/mol. The molecule has 0 fully saturated rings. The molecule has 0 saturated carbocycles. The molecule has 9 heteroatoms. The number of carbonyl (C=O) groups is 2. The van der Waals surface area contributed by atoms with Gasteiger partial charge in [-0.05, 0) is 29.8 Å².